The van der Waals surface area contributed by atoms with Gasteiger partial charge in [-0.1, -0.05) is 18.7 Å². The number of carboxylic acids is 1. The van der Waals surface area contributed by atoms with E-state index in [4.69, 9.17) is 10.4 Å². The fraction of sp³-hybridized carbons (Fsp3) is 0.308. The summed E-state index contributed by atoms with van der Waals surface area (Å²) < 4.78 is 1.98. The number of hydrogen-bond acceptors (Lipinski definition) is 4. The number of aryl methyl sites for hydroxylation is 1. The number of rotatable bonds is 5. The van der Waals surface area contributed by atoms with Gasteiger partial charge in [0, 0.05) is 6.54 Å². The lowest BCUT2D eigenvalue weighted by atomic mass is 10.2. The second-order valence-corrected chi connectivity index (χ2v) is 4.99. The van der Waals surface area contributed by atoms with Crippen molar-refractivity contribution in [1.29, 1.82) is 5.26 Å². The van der Waals surface area contributed by atoms with Gasteiger partial charge in [0.15, 0.2) is 5.16 Å². The summed E-state index contributed by atoms with van der Waals surface area (Å²) in [6, 6.07) is 7.42. The topological polar surface area (TPSA) is 78.9 Å². The van der Waals surface area contributed by atoms with Gasteiger partial charge in [-0.15, -0.1) is 0 Å². The van der Waals surface area contributed by atoms with Crippen LogP contribution in [0.4, 0.5) is 0 Å². The molecule has 5 nitrogen and oxygen atoms in total. The molecule has 0 aliphatic rings. The quantitative estimate of drug-likeness (QED) is 0.848. The van der Waals surface area contributed by atoms with E-state index >= 15 is 0 Å². The molecule has 0 spiro atoms. The molecular formula is C13H13N3O2S. The Kier molecular flexibility index (Phi) is 4.07. The summed E-state index contributed by atoms with van der Waals surface area (Å²) in [5.41, 5.74) is 2.26. The summed E-state index contributed by atoms with van der Waals surface area (Å²) in [5.74, 6) is -0.879. The number of carbonyl (C=O) groups is 1. The number of thioether (sulfide) groups is 1. The summed E-state index contributed by atoms with van der Waals surface area (Å²) in [6.07, 6.45) is 0.920. The van der Waals surface area contributed by atoms with E-state index in [1.54, 1.807) is 18.2 Å². The van der Waals surface area contributed by atoms with Crippen molar-refractivity contribution in [2.45, 2.75) is 25.0 Å². The first kappa shape index (κ1) is 13.4. The normalized spacial score (nSPS) is 10.5. The molecule has 0 radical (unpaired) electrons. The number of aliphatic carboxylic acids is 1. The largest absolute Gasteiger partial charge is 0.481 e. The highest BCUT2D eigenvalue weighted by Crippen LogP contribution is 2.25. The van der Waals surface area contributed by atoms with Crippen LogP contribution in [0.2, 0.25) is 0 Å². The van der Waals surface area contributed by atoms with Crippen LogP contribution >= 0.6 is 11.8 Å². The lowest BCUT2D eigenvalue weighted by molar-refractivity contribution is -0.133. The maximum absolute atomic E-state index is 10.7. The first-order valence-electron chi connectivity index (χ1n) is 5.90. The third kappa shape index (κ3) is 2.88. The first-order chi connectivity index (χ1) is 9.15. The van der Waals surface area contributed by atoms with Crippen molar-refractivity contribution >= 4 is 28.8 Å². The second-order valence-electron chi connectivity index (χ2n) is 4.04. The molecule has 2 aromatic rings. The van der Waals surface area contributed by atoms with E-state index in [0.717, 1.165) is 24.0 Å². The second kappa shape index (κ2) is 5.76. The van der Waals surface area contributed by atoms with Gasteiger partial charge < -0.3 is 9.67 Å². The molecule has 2 rings (SSSR count). The number of benzene rings is 1. The standard InChI is InChI=1S/C13H13N3O2S/c1-2-5-16-11-6-9(7-14)3-4-10(11)15-13(16)19-8-12(17)18/h3-4,6H,2,5,8H2,1H3,(H,17,18). The van der Waals surface area contributed by atoms with Crippen LogP contribution in [0, 0.1) is 11.3 Å². The van der Waals surface area contributed by atoms with Crippen molar-refractivity contribution < 1.29 is 9.90 Å². The minimum Gasteiger partial charge on any atom is -0.481 e. The van der Waals surface area contributed by atoms with E-state index < -0.39 is 5.97 Å². The van der Waals surface area contributed by atoms with E-state index in [1.807, 2.05) is 11.5 Å². The molecule has 19 heavy (non-hydrogen) atoms. The zero-order chi connectivity index (χ0) is 13.8. The van der Waals surface area contributed by atoms with Crippen molar-refractivity contribution in [3.63, 3.8) is 0 Å². The van der Waals surface area contributed by atoms with E-state index in [0.29, 0.717) is 10.7 Å². The van der Waals surface area contributed by atoms with Crippen LogP contribution in [0.15, 0.2) is 23.4 Å². The summed E-state index contributed by atoms with van der Waals surface area (Å²) in [5, 5.41) is 18.4. The fourth-order valence-electron chi connectivity index (χ4n) is 1.85. The molecule has 1 heterocycles. The Morgan fingerprint density at radius 3 is 3.00 bits per heavy atom. The molecule has 0 atom stereocenters. The Morgan fingerprint density at radius 1 is 1.58 bits per heavy atom. The van der Waals surface area contributed by atoms with Gasteiger partial charge in [0.1, 0.15) is 0 Å². The van der Waals surface area contributed by atoms with E-state index in [1.165, 1.54) is 11.8 Å². The number of nitrogens with zero attached hydrogens (tertiary/aromatic N) is 3. The van der Waals surface area contributed by atoms with Gasteiger partial charge >= 0.3 is 5.97 Å². The van der Waals surface area contributed by atoms with Crippen LogP contribution in [0.1, 0.15) is 18.9 Å². The Morgan fingerprint density at radius 2 is 2.37 bits per heavy atom. The van der Waals surface area contributed by atoms with Crippen LogP contribution in [-0.4, -0.2) is 26.4 Å². The Balaban J connectivity index is 2.48. The van der Waals surface area contributed by atoms with Crippen molar-refractivity contribution in [2.24, 2.45) is 0 Å². The summed E-state index contributed by atoms with van der Waals surface area (Å²) >= 11 is 1.20. The highest BCUT2D eigenvalue weighted by atomic mass is 32.2. The molecule has 98 valence electrons. The van der Waals surface area contributed by atoms with Crippen LogP contribution in [0.25, 0.3) is 11.0 Å². The van der Waals surface area contributed by atoms with Crippen molar-refractivity contribution in [1.82, 2.24) is 9.55 Å². The predicted octanol–water partition coefficient (Wildman–Crippen LogP) is 2.49. The Labute approximate surface area is 114 Å². The van der Waals surface area contributed by atoms with Crippen molar-refractivity contribution in [2.75, 3.05) is 5.75 Å². The molecule has 0 saturated carbocycles. The van der Waals surface area contributed by atoms with Gasteiger partial charge in [-0.2, -0.15) is 5.26 Å². The number of imidazole rings is 1. The summed E-state index contributed by atoms with van der Waals surface area (Å²) in [7, 11) is 0. The van der Waals surface area contributed by atoms with Gasteiger partial charge in [-0.25, -0.2) is 4.98 Å². The van der Waals surface area contributed by atoms with Gasteiger partial charge in [-0.3, -0.25) is 4.79 Å². The molecule has 1 N–H and O–H groups in total. The third-order valence-electron chi connectivity index (χ3n) is 2.61. The smallest absolute Gasteiger partial charge is 0.313 e. The molecular weight excluding hydrogens is 262 g/mol. The number of carboxylic acid groups (broad SMARTS) is 1. The number of fused-ring (bicyclic) bond motifs is 1. The Bertz CT molecular complexity index is 658. The fourth-order valence-corrected chi connectivity index (χ4v) is 2.61. The Hall–Kier alpha value is -2.00. The zero-order valence-electron chi connectivity index (χ0n) is 10.5. The van der Waals surface area contributed by atoms with Crippen molar-refractivity contribution in [3.8, 4) is 6.07 Å². The minimum absolute atomic E-state index is 0.0157. The highest BCUT2D eigenvalue weighted by molar-refractivity contribution is 7.99. The molecule has 0 unspecified atom stereocenters. The van der Waals surface area contributed by atoms with Gasteiger partial charge in [0.05, 0.1) is 28.4 Å². The maximum atomic E-state index is 10.7. The summed E-state index contributed by atoms with van der Waals surface area (Å²) in [6.45, 7) is 2.80. The minimum atomic E-state index is -0.863. The lowest BCUT2D eigenvalue weighted by Crippen LogP contribution is -2.03. The predicted molar refractivity (Wildman–Crippen MR) is 73.1 cm³/mol. The maximum Gasteiger partial charge on any atom is 0.313 e. The lowest BCUT2D eigenvalue weighted by Gasteiger charge is -2.06. The molecule has 0 aliphatic heterocycles. The highest BCUT2D eigenvalue weighted by Gasteiger charge is 2.12. The van der Waals surface area contributed by atoms with Crippen LogP contribution in [0.5, 0.6) is 0 Å². The number of hydrogen-bond donors (Lipinski definition) is 1. The SMILES string of the molecule is CCCn1c(SCC(=O)O)nc2ccc(C#N)cc21. The van der Waals surface area contributed by atoms with Gasteiger partial charge in [-0.05, 0) is 24.6 Å². The van der Waals surface area contributed by atoms with Crippen LogP contribution in [-0.2, 0) is 11.3 Å². The molecule has 1 aromatic carbocycles. The molecule has 0 bridgehead atoms. The van der Waals surface area contributed by atoms with E-state index in [2.05, 4.69) is 11.1 Å². The van der Waals surface area contributed by atoms with Gasteiger partial charge in [0.25, 0.3) is 0 Å². The van der Waals surface area contributed by atoms with Crippen LogP contribution < -0.4 is 0 Å². The van der Waals surface area contributed by atoms with Crippen molar-refractivity contribution in [3.05, 3.63) is 23.8 Å². The average molecular weight is 275 g/mol. The van der Waals surface area contributed by atoms with E-state index in [9.17, 15) is 4.79 Å². The average Bonchev–Trinajstić information content (AvgIpc) is 2.74. The molecule has 0 saturated heterocycles. The molecule has 1 aromatic heterocycles. The van der Waals surface area contributed by atoms with Gasteiger partial charge in [0.2, 0.25) is 0 Å². The number of nitriles is 1. The molecule has 6 heteroatoms. The number of aromatic nitrogens is 2. The molecule has 0 fully saturated rings. The van der Waals surface area contributed by atoms with Crippen LogP contribution in [0.3, 0.4) is 0 Å². The zero-order valence-corrected chi connectivity index (χ0v) is 11.3. The first-order valence-corrected chi connectivity index (χ1v) is 6.89. The monoisotopic (exact) mass is 275 g/mol. The third-order valence-corrected chi connectivity index (χ3v) is 3.58. The summed E-state index contributed by atoms with van der Waals surface area (Å²) in [4.78, 5) is 15.1. The van der Waals surface area contributed by atoms with E-state index in [-0.39, 0.29) is 5.75 Å². The molecule has 0 aliphatic carbocycles. The molecule has 0 amide bonds.